The van der Waals surface area contributed by atoms with E-state index in [0.29, 0.717) is 0 Å². The minimum Gasteiger partial charge on any atom is -0.540 e. The van der Waals surface area contributed by atoms with Crippen molar-refractivity contribution >= 4 is 43.1 Å². The van der Waals surface area contributed by atoms with Gasteiger partial charge in [-0.05, 0) is 0 Å². The third kappa shape index (κ3) is 116. The van der Waals surface area contributed by atoms with Crippen LogP contribution in [0.3, 0.4) is 0 Å². The molecule has 0 spiro atoms. The molecule has 0 saturated carbocycles. The fraction of sp³-hybridized carbons (Fsp3) is 1.00. The molecule has 0 atom stereocenters. The first-order chi connectivity index (χ1) is 49.2. The van der Waals surface area contributed by atoms with E-state index in [1.807, 2.05) is 0 Å². The zero-order chi connectivity index (χ0) is 71.8. The van der Waals surface area contributed by atoms with Crippen LogP contribution in [-0.4, -0.2) is 54.3 Å². The standard InChI is InChI=1S/3C32H66P.Al/c3*1-3-5-7-9-11-13-15-17-19-21-23-25-27-29-31-33-32-30-28-26-24-22-20-18-16-14-12-10-8-6-4-2;/h3*3-32H2,1-2H3;/q3*-1;+3. The molecule has 0 N–H and O–H groups in total. The average Bonchev–Trinajstić information content (AvgIpc) is 3.66. The van der Waals surface area contributed by atoms with Gasteiger partial charge in [-0.1, -0.05) is 581 Å². The molecule has 0 unspecified atom stereocenters. The molecule has 0 nitrogen and oxygen atoms in total. The summed E-state index contributed by atoms with van der Waals surface area (Å²) in [6, 6.07) is 0. The summed E-state index contributed by atoms with van der Waals surface area (Å²) in [7, 11) is 5.21. The van der Waals surface area contributed by atoms with Gasteiger partial charge in [0.25, 0.3) is 0 Å². The second-order valence-corrected chi connectivity index (χ2v) is 36.6. The van der Waals surface area contributed by atoms with Crippen LogP contribution in [0.25, 0.3) is 0 Å². The molecule has 0 aliphatic heterocycles. The van der Waals surface area contributed by atoms with Crippen molar-refractivity contribution in [3.05, 3.63) is 0 Å². The summed E-state index contributed by atoms with van der Waals surface area (Å²) in [5, 5.41) is 0. The molecule has 0 fully saturated rings. The fourth-order valence-electron chi connectivity index (χ4n) is 14.8. The summed E-state index contributed by atoms with van der Waals surface area (Å²) < 4.78 is 0. The molecular weight excluding hydrogens is 1270 g/mol. The van der Waals surface area contributed by atoms with E-state index in [4.69, 9.17) is 0 Å². The van der Waals surface area contributed by atoms with Crippen LogP contribution in [-0.2, 0) is 0 Å². The summed E-state index contributed by atoms with van der Waals surface area (Å²) in [6.07, 6.45) is 133. The van der Waals surface area contributed by atoms with Gasteiger partial charge in [-0.25, -0.2) is 0 Å². The van der Waals surface area contributed by atoms with Crippen molar-refractivity contribution in [1.29, 1.82) is 0 Å². The van der Waals surface area contributed by atoms with Crippen molar-refractivity contribution in [2.24, 2.45) is 0 Å². The zero-order valence-corrected chi connectivity index (χ0v) is 75.4. The van der Waals surface area contributed by atoms with Crippen LogP contribution in [0.15, 0.2) is 0 Å². The molecule has 0 heterocycles. The molecule has 0 aliphatic carbocycles. The van der Waals surface area contributed by atoms with Gasteiger partial charge in [0.2, 0.25) is 0 Å². The maximum Gasteiger partial charge on any atom is 3.00 e. The van der Waals surface area contributed by atoms with E-state index >= 15 is 0 Å². The van der Waals surface area contributed by atoms with Gasteiger partial charge in [0.05, 0.1) is 0 Å². The Morgan fingerprint density at radius 3 is 0.220 bits per heavy atom. The second kappa shape index (κ2) is 112. The Morgan fingerprint density at radius 2 is 0.150 bits per heavy atom. The van der Waals surface area contributed by atoms with Crippen molar-refractivity contribution in [2.45, 2.75) is 581 Å². The molecule has 0 radical (unpaired) electrons. The van der Waals surface area contributed by atoms with E-state index in [-0.39, 0.29) is 17.4 Å². The SMILES string of the molecule is CCCCCCCCCCCCCCCC[P-]CCCCCCCCCCCCCCCC.CCCCCCCCCCCCCCCC[P-]CCCCCCCCCCCCCCCC.CCCCCCCCCCCCCCCC[P-]CCCCCCCCCCCCCCCC.[Al+3]. The maximum absolute atomic E-state index is 2.31. The van der Waals surface area contributed by atoms with E-state index in [0.717, 1.165) is 0 Å². The van der Waals surface area contributed by atoms with Crippen LogP contribution in [0.5, 0.6) is 0 Å². The molecule has 0 saturated heterocycles. The Balaban J connectivity index is -0.000000688. The summed E-state index contributed by atoms with van der Waals surface area (Å²) in [5.41, 5.74) is 0. The first kappa shape index (κ1) is 108. The summed E-state index contributed by atoms with van der Waals surface area (Å²) >= 11 is 0. The number of unbranched alkanes of at least 4 members (excludes halogenated alkanes) is 78. The molecule has 600 valence electrons. The Morgan fingerprint density at radius 1 is 0.0900 bits per heavy atom. The van der Waals surface area contributed by atoms with Crippen LogP contribution < -0.4 is 0 Å². The van der Waals surface area contributed by atoms with Gasteiger partial charge in [0.1, 0.15) is 0 Å². The molecule has 0 bridgehead atoms. The first-order valence-electron chi connectivity index (χ1n) is 48.1. The predicted molar refractivity (Wildman–Crippen MR) is 478 cm³/mol. The minimum absolute atomic E-state index is 0. The molecule has 0 rings (SSSR count). The van der Waals surface area contributed by atoms with Gasteiger partial charge in [0.15, 0.2) is 0 Å². The van der Waals surface area contributed by atoms with Crippen molar-refractivity contribution in [3.63, 3.8) is 0 Å². The Bertz CT molecular complexity index is 1010. The number of rotatable bonds is 90. The van der Waals surface area contributed by atoms with Crippen LogP contribution >= 0.6 is 25.7 Å². The van der Waals surface area contributed by atoms with Gasteiger partial charge in [0, 0.05) is 0 Å². The second-order valence-electron chi connectivity index (χ2n) is 32.6. The van der Waals surface area contributed by atoms with E-state index in [9.17, 15) is 0 Å². The Kier molecular flexibility index (Phi) is 121. The minimum atomic E-state index is 0. The van der Waals surface area contributed by atoms with E-state index in [1.54, 1.807) is 25.7 Å². The monoisotopic (exact) mass is 1470 g/mol. The normalized spacial score (nSPS) is 11.3. The topological polar surface area (TPSA) is 0 Å². The Labute approximate surface area is 656 Å². The molecule has 4 heteroatoms. The third-order valence-electron chi connectivity index (χ3n) is 22.0. The van der Waals surface area contributed by atoms with Crippen LogP contribution in [0.1, 0.15) is 581 Å². The first-order valence-corrected chi connectivity index (χ1v) is 51.9. The number of hydrogen-bond donors (Lipinski definition) is 0. The largest absolute Gasteiger partial charge is 3.00 e. The number of hydrogen-bond acceptors (Lipinski definition) is 0. The summed E-state index contributed by atoms with van der Waals surface area (Å²) in [5.74, 6) is 0. The average molecular weight is 1470 g/mol. The van der Waals surface area contributed by atoms with Crippen molar-refractivity contribution in [1.82, 2.24) is 0 Å². The predicted octanol–water partition coefficient (Wildman–Crippen LogP) is 38.3. The van der Waals surface area contributed by atoms with Crippen molar-refractivity contribution in [2.75, 3.05) is 37.0 Å². The molecule has 100 heavy (non-hydrogen) atoms. The molecular formula is C96H198AlP3. The van der Waals surface area contributed by atoms with Gasteiger partial charge >= 0.3 is 17.4 Å². The molecule has 0 aliphatic rings. The van der Waals surface area contributed by atoms with Crippen LogP contribution in [0.2, 0.25) is 0 Å². The van der Waals surface area contributed by atoms with E-state index in [1.165, 1.54) is 576 Å². The van der Waals surface area contributed by atoms with Gasteiger partial charge in [-0.15, -0.1) is 0 Å². The maximum atomic E-state index is 2.31. The zero-order valence-electron chi connectivity index (χ0n) is 71.6. The molecule has 0 aromatic carbocycles. The van der Waals surface area contributed by atoms with Crippen LogP contribution in [0, 0.1) is 0 Å². The quantitative estimate of drug-likeness (QED) is 0.0323. The van der Waals surface area contributed by atoms with Gasteiger partial charge in [-0.3, -0.25) is 0 Å². The van der Waals surface area contributed by atoms with E-state index in [2.05, 4.69) is 41.5 Å². The molecule has 0 aromatic heterocycles. The van der Waals surface area contributed by atoms with Crippen molar-refractivity contribution in [3.8, 4) is 0 Å². The summed E-state index contributed by atoms with van der Waals surface area (Å²) in [6.45, 7) is 13.8. The van der Waals surface area contributed by atoms with E-state index < -0.39 is 0 Å². The molecule has 0 amide bonds. The third-order valence-corrected chi connectivity index (χ3v) is 25.8. The van der Waals surface area contributed by atoms with Crippen LogP contribution in [0.4, 0.5) is 0 Å². The van der Waals surface area contributed by atoms with Gasteiger partial charge < -0.3 is 25.7 Å². The molecule has 0 aromatic rings. The van der Waals surface area contributed by atoms with Gasteiger partial charge in [-0.2, -0.15) is 37.0 Å². The smallest absolute Gasteiger partial charge is 0.540 e. The Hall–Kier alpha value is 1.82. The fourth-order valence-corrected chi connectivity index (χ4v) is 18.2. The summed E-state index contributed by atoms with van der Waals surface area (Å²) in [4.78, 5) is 0. The van der Waals surface area contributed by atoms with Crippen molar-refractivity contribution < 1.29 is 0 Å².